The van der Waals surface area contributed by atoms with Crippen molar-refractivity contribution in [1.29, 1.82) is 0 Å². The molecule has 140 valence electrons. The molecule has 0 unspecified atom stereocenters. The number of fused-ring (bicyclic) bond motifs is 1. The number of amides is 2. The molecule has 2 heterocycles. The molecule has 4 rings (SSSR count). The Bertz CT molecular complexity index is 835. The van der Waals surface area contributed by atoms with Crippen LogP contribution in [-0.2, 0) is 17.6 Å². The van der Waals surface area contributed by atoms with Crippen molar-refractivity contribution in [3.63, 3.8) is 0 Å². The van der Waals surface area contributed by atoms with E-state index < -0.39 is 0 Å². The van der Waals surface area contributed by atoms with Crippen LogP contribution in [0.4, 0.5) is 0 Å². The molecule has 0 radical (unpaired) electrons. The summed E-state index contributed by atoms with van der Waals surface area (Å²) in [6.07, 6.45) is 2.08. The number of nitrogens with zero attached hydrogens (tertiary/aromatic N) is 2. The zero-order valence-electron chi connectivity index (χ0n) is 15.4. The molecule has 5 heteroatoms. The van der Waals surface area contributed by atoms with Gasteiger partial charge in [0.2, 0.25) is 5.91 Å². The average molecular weight is 364 g/mol. The second-order valence-corrected chi connectivity index (χ2v) is 7.11. The molecule has 2 aliphatic rings. The van der Waals surface area contributed by atoms with Gasteiger partial charge in [0.15, 0.2) is 0 Å². The quantitative estimate of drug-likeness (QED) is 0.841. The Morgan fingerprint density at radius 2 is 1.70 bits per heavy atom. The van der Waals surface area contributed by atoms with Crippen LogP contribution in [-0.4, -0.2) is 54.4 Å². The van der Waals surface area contributed by atoms with Gasteiger partial charge >= 0.3 is 0 Å². The normalized spacial score (nSPS) is 16.4. The molecule has 2 aromatic rings. The van der Waals surface area contributed by atoms with Crippen molar-refractivity contribution in [2.75, 3.05) is 32.8 Å². The predicted octanol–water partition coefficient (Wildman–Crippen LogP) is 2.54. The van der Waals surface area contributed by atoms with Gasteiger partial charge in [-0.25, -0.2) is 0 Å². The highest BCUT2D eigenvalue weighted by Gasteiger charge is 2.24. The van der Waals surface area contributed by atoms with Gasteiger partial charge in [-0.1, -0.05) is 30.3 Å². The van der Waals surface area contributed by atoms with Crippen molar-refractivity contribution in [1.82, 2.24) is 9.80 Å². The minimum Gasteiger partial charge on any atom is -0.493 e. The largest absolute Gasteiger partial charge is 0.493 e. The Morgan fingerprint density at radius 3 is 2.56 bits per heavy atom. The van der Waals surface area contributed by atoms with E-state index >= 15 is 0 Å². The summed E-state index contributed by atoms with van der Waals surface area (Å²) >= 11 is 0. The summed E-state index contributed by atoms with van der Waals surface area (Å²) in [6.45, 7) is 3.24. The van der Waals surface area contributed by atoms with Crippen LogP contribution < -0.4 is 4.74 Å². The van der Waals surface area contributed by atoms with Crippen LogP contribution in [0.25, 0.3) is 0 Å². The Morgan fingerprint density at radius 1 is 0.926 bits per heavy atom. The topological polar surface area (TPSA) is 49.9 Å². The van der Waals surface area contributed by atoms with Crippen molar-refractivity contribution < 1.29 is 14.3 Å². The summed E-state index contributed by atoms with van der Waals surface area (Å²) in [4.78, 5) is 29.3. The molecular weight excluding hydrogens is 340 g/mol. The maximum Gasteiger partial charge on any atom is 0.253 e. The van der Waals surface area contributed by atoms with E-state index in [-0.39, 0.29) is 11.8 Å². The van der Waals surface area contributed by atoms with E-state index in [0.29, 0.717) is 44.8 Å². The molecular formula is C22H24N2O3. The molecule has 2 aliphatic heterocycles. The maximum absolute atomic E-state index is 12.9. The molecule has 0 atom stereocenters. The highest BCUT2D eigenvalue weighted by molar-refractivity contribution is 5.94. The molecule has 0 bridgehead atoms. The molecule has 5 nitrogen and oxygen atoms in total. The standard InChI is InChI=1S/C22H24N2O3/c25-21(15-17-5-2-1-3-6-17)23-10-4-11-24(13-12-23)22(26)19-7-8-20-18(16-19)9-14-27-20/h1-3,5-8,16H,4,9-15H2. The molecule has 1 fully saturated rings. The summed E-state index contributed by atoms with van der Waals surface area (Å²) < 4.78 is 5.52. The molecule has 27 heavy (non-hydrogen) atoms. The van der Waals surface area contributed by atoms with Gasteiger partial charge in [0, 0.05) is 38.2 Å². The summed E-state index contributed by atoms with van der Waals surface area (Å²) in [5.41, 5.74) is 2.85. The van der Waals surface area contributed by atoms with E-state index in [0.717, 1.165) is 29.7 Å². The van der Waals surface area contributed by atoms with Crippen LogP contribution in [0.1, 0.15) is 27.9 Å². The average Bonchev–Trinajstić information content (AvgIpc) is 3.02. The third-order valence-corrected chi connectivity index (χ3v) is 5.27. The van der Waals surface area contributed by atoms with Gasteiger partial charge in [-0.2, -0.15) is 0 Å². The zero-order valence-corrected chi connectivity index (χ0v) is 15.4. The summed E-state index contributed by atoms with van der Waals surface area (Å²) in [6, 6.07) is 15.5. The number of ether oxygens (including phenoxy) is 1. The van der Waals surface area contributed by atoms with Crippen LogP contribution in [0.15, 0.2) is 48.5 Å². The van der Waals surface area contributed by atoms with Gasteiger partial charge in [-0.05, 0) is 35.7 Å². The first-order valence-corrected chi connectivity index (χ1v) is 9.57. The molecule has 0 spiro atoms. The molecule has 1 saturated heterocycles. The van der Waals surface area contributed by atoms with Crippen molar-refractivity contribution >= 4 is 11.8 Å². The molecule has 0 saturated carbocycles. The van der Waals surface area contributed by atoms with Gasteiger partial charge in [-0.3, -0.25) is 9.59 Å². The monoisotopic (exact) mass is 364 g/mol. The lowest BCUT2D eigenvalue weighted by molar-refractivity contribution is -0.130. The number of hydrogen-bond donors (Lipinski definition) is 0. The van der Waals surface area contributed by atoms with E-state index in [2.05, 4.69) is 0 Å². The van der Waals surface area contributed by atoms with E-state index in [4.69, 9.17) is 4.74 Å². The third kappa shape index (κ3) is 3.97. The summed E-state index contributed by atoms with van der Waals surface area (Å²) in [5.74, 6) is 1.06. The number of hydrogen-bond acceptors (Lipinski definition) is 3. The van der Waals surface area contributed by atoms with Gasteiger partial charge in [0.25, 0.3) is 5.91 Å². The number of carbonyl (C=O) groups excluding carboxylic acids is 2. The van der Waals surface area contributed by atoms with E-state index in [1.807, 2.05) is 58.3 Å². The Hall–Kier alpha value is -2.82. The Labute approximate surface area is 159 Å². The number of carbonyl (C=O) groups is 2. The van der Waals surface area contributed by atoms with E-state index in [1.54, 1.807) is 0 Å². The highest BCUT2D eigenvalue weighted by Crippen LogP contribution is 2.26. The molecule has 0 N–H and O–H groups in total. The van der Waals surface area contributed by atoms with Gasteiger partial charge in [0.1, 0.15) is 5.75 Å². The van der Waals surface area contributed by atoms with Gasteiger partial charge in [-0.15, -0.1) is 0 Å². The van der Waals surface area contributed by atoms with Crippen LogP contribution in [0, 0.1) is 0 Å². The fourth-order valence-electron chi connectivity index (χ4n) is 3.75. The maximum atomic E-state index is 12.9. The first-order chi connectivity index (χ1) is 13.2. The lowest BCUT2D eigenvalue weighted by Gasteiger charge is -2.22. The van der Waals surface area contributed by atoms with E-state index in [9.17, 15) is 9.59 Å². The smallest absolute Gasteiger partial charge is 0.253 e. The minimum absolute atomic E-state index is 0.0436. The van der Waals surface area contributed by atoms with Crippen LogP contribution in [0.3, 0.4) is 0 Å². The van der Waals surface area contributed by atoms with Crippen LogP contribution in [0.2, 0.25) is 0 Å². The van der Waals surface area contributed by atoms with Crippen LogP contribution in [0.5, 0.6) is 5.75 Å². The third-order valence-electron chi connectivity index (χ3n) is 5.27. The lowest BCUT2D eigenvalue weighted by Crippen LogP contribution is -2.38. The highest BCUT2D eigenvalue weighted by atomic mass is 16.5. The molecule has 2 aromatic carbocycles. The van der Waals surface area contributed by atoms with Crippen molar-refractivity contribution in [2.45, 2.75) is 19.3 Å². The Balaban J connectivity index is 1.38. The lowest BCUT2D eigenvalue weighted by atomic mass is 10.1. The predicted molar refractivity (Wildman–Crippen MR) is 103 cm³/mol. The van der Waals surface area contributed by atoms with E-state index in [1.165, 1.54) is 0 Å². The number of rotatable bonds is 3. The molecule has 2 amide bonds. The first kappa shape index (κ1) is 17.6. The fraction of sp³-hybridized carbons (Fsp3) is 0.364. The second-order valence-electron chi connectivity index (χ2n) is 7.11. The van der Waals surface area contributed by atoms with Crippen molar-refractivity contribution in [3.8, 4) is 5.75 Å². The SMILES string of the molecule is O=C(Cc1ccccc1)N1CCCN(C(=O)c2ccc3c(c2)CCO3)CC1. The zero-order chi connectivity index (χ0) is 18.6. The summed E-state index contributed by atoms with van der Waals surface area (Å²) in [7, 11) is 0. The first-order valence-electron chi connectivity index (χ1n) is 9.57. The Kier molecular flexibility index (Phi) is 5.10. The van der Waals surface area contributed by atoms with Gasteiger partial charge < -0.3 is 14.5 Å². The van der Waals surface area contributed by atoms with Crippen LogP contribution >= 0.6 is 0 Å². The van der Waals surface area contributed by atoms with Gasteiger partial charge in [0.05, 0.1) is 13.0 Å². The second kappa shape index (κ2) is 7.82. The fourth-order valence-corrected chi connectivity index (χ4v) is 3.75. The summed E-state index contributed by atoms with van der Waals surface area (Å²) in [5, 5.41) is 0. The number of benzene rings is 2. The molecule has 0 aliphatic carbocycles. The van der Waals surface area contributed by atoms with Crippen molar-refractivity contribution in [2.24, 2.45) is 0 Å². The van der Waals surface area contributed by atoms with Crippen molar-refractivity contribution in [3.05, 3.63) is 65.2 Å². The molecule has 0 aromatic heterocycles. The minimum atomic E-state index is 0.0436.